The maximum atomic E-state index is 12.6. The van der Waals surface area contributed by atoms with Gasteiger partial charge in [-0.2, -0.15) is 13.2 Å². The van der Waals surface area contributed by atoms with Crippen LogP contribution in [0.1, 0.15) is 23.2 Å². The summed E-state index contributed by atoms with van der Waals surface area (Å²) in [5.41, 5.74) is -1.94. The SMILES string of the molecule is O=C(NC1(C(F)(F)F)CC1)c1cccnc1Br. The molecule has 1 aliphatic rings. The topological polar surface area (TPSA) is 42.0 Å². The van der Waals surface area contributed by atoms with Gasteiger partial charge in [0.15, 0.2) is 0 Å². The van der Waals surface area contributed by atoms with Crippen LogP contribution in [0.15, 0.2) is 22.9 Å². The molecule has 1 amide bonds. The van der Waals surface area contributed by atoms with Crippen LogP contribution in [0.2, 0.25) is 0 Å². The Morgan fingerprint density at radius 3 is 2.59 bits per heavy atom. The number of halogens is 4. The van der Waals surface area contributed by atoms with Gasteiger partial charge in [0.2, 0.25) is 0 Å². The average Bonchev–Trinajstić information content (AvgIpc) is 2.98. The lowest BCUT2D eigenvalue weighted by Gasteiger charge is -2.20. The Bertz CT molecular complexity index is 457. The van der Waals surface area contributed by atoms with E-state index in [4.69, 9.17) is 0 Å². The second-order valence-electron chi connectivity index (χ2n) is 3.88. The molecule has 1 aromatic rings. The van der Waals surface area contributed by atoms with E-state index in [1.807, 2.05) is 5.32 Å². The second-order valence-corrected chi connectivity index (χ2v) is 4.63. The number of aromatic nitrogens is 1. The molecule has 0 saturated heterocycles. The van der Waals surface area contributed by atoms with Crippen LogP contribution in [0, 0.1) is 0 Å². The van der Waals surface area contributed by atoms with Gasteiger partial charge in [0.1, 0.15) is 10.1 Å². The Morgan fingerprint density at radius 1 is 1.47 bits per heavy atom. The zero-order chi connectivity index (χ0) is 12.7. The summed E-state index contributed by atoms with van der Waals surface area (Å²) in [6.07, 6.45) is -3.10. The number of nitrogens with zero attached hydrogens (tertiary/aromatic N) is 1. The number of pyridine rings is 1. The molecule has 0 atom stereocenters. The molecule has 2 rings (SSSR count). The summed E-state index contributed by atoms with van der Waals surface area (Å²) in [4.78, 5) is 15.5. The molecule has 1 fully saturated rings. The minimum atomic E-state index is -4.41. The maximum Gasteiger partial charge on any atom is 0.411 e. The maximum absolute atomic E-state index is 12.6. The van der Waals surface area contributed by atoms with Crippen molar-refractivity contribution < 1.29 is 18.0 Å². The number of nitrogens with one attached hydrogen (secondary N) is 1. The lowest BCUT2D eigenvalue weighted by molar-refractivity contribution is -0.163. The summed E-state index contributed by atoms with van der Waals surface area (Å²) < 4.78 is 38.1. The molecule has 0 radical (unpaired) electrons. The summed E-state index contributed by atoms with van der Waals surface area (Å²) in [5, 5.41) is 2.03. The van der Waals surface area contributed by atoms with Crippen molar-refractivity contribution in [3.8, 4) is 0 Å². The van der Waals surface area contributed by atoms with E-state index in [-0.39, 0.29) is 23.0 Å². The Kier molecular flexibility index (Phi) is 2.89. The minimum absolute atomic E-state index is 0.0693. The smallest absolute Gasteiger partial charge is 0.338 e. The van der Waals surface area contributed by atoms with Crippen molar-refractivity contribution in [2.75, 3.05) is 0 Å². The van der Waals surface area contributed by atoms with Gasteiger partial charge in [0.05, 0.1) is 5.56 Å². The van der Waals surface area contributed by atoms with Gasteiger partial charge in [0, 0.05) is 6.20 Å². The third-order valence-corrected chi connectivity index (χ3v) is 3.28. The van der Waals surface area contributed by atoms with E-state index >= 15 is 0 Å². The lowest BCUT2D eigenvalue weighted by Crippen LogP contribution is -2.47. The standard InChI is InChI=1S/C10H8BrF3N2O/c11-7-6(2-1-5-15-7)8(17)16-9(3-4-9)10(12,13)14/h1-2,5H,3-4H2,(H,16,17). The van der Waals surface area contributed by atoms with Crippen molar-refractivity contribution in [2.24, 2.45) is 0 Å². The van der Waals surface area contributed by atoms with Gasteiger partial charge in [-0.25, -0.2) is 4.98 Å². The number of rotatable bonds is 2. The fraction of sp³-hybridized carbons (Fsp3) is 0.400. The van der Waals surface area contributed by atoms with Crippen molar-refractivity contribution in [1.29, 1.82) is 0 Å². The van der Waals surface area contributed by atoms with Crippen molar-refractivity contribution in [3.63, 3.8) is 0 Å². The average molecular weight is 309 g/mol. The van der Waals surface area contributed by atoms with Crippen molar-refractivity contribution >= 4 is 21.8 Å². The molecule has 3 nitrogen and oxygen atoms in total. The zero-order valence-corrected chi connectivity index (χ0v) is 10.1. The van der Waals surface area contributed by atoms with Crippen LogP contribution in [-0.4, -0.2) is 22.6 Å². The van der Waals surface area contributed by atoms with Crippen LogP contribution in [0.25, 0.3) is 0 Å². The first-order chi connectivity index (χ1) is 7.86. The van der Waals surface area contributed by atoms with Crippen molar-refractivity contribution in [3.05, 3.63) is 28.5 Å². The molecule has 1 saturated carbocycles. The van der Waals surface area contributed by atoms with E-state index in [0.29, 0.717) is 0 Å². The lowest BCUT2D eigenvalue weighted by atomic mass is 10.2. The molecule has 7 heteroatoms. The number of alkyl halides is 3. The molecular weight excluding hydrogens is 301 g/mol. The summed E-state index contributed by atoms with van der Waals surface area (Å²) in [6.45, 7) is 0. The van der Waals surface area contributed by atoms with Gasteiger partial charge in [-0.05, 0) is 40.9 Å². The van der Waals surface area contributed by atoms with Gasteiger partial charge < -0.3 is 5.32 Å². The summed E-state index contributed by atoms with van der Waals surface area (Å²) in [5.74, 6) is -0.764. The quantitative estimate of drug-likeness (QED) is 0.854. The molecule has 0 aromatic carbocycles. The predicted octanol–water partition coefficient (Wildman–Crippen LogP) is 2.67. The number of amides is 1. The fourth-order valence-electron chi connectivity index (χ4n) is 1.44. The molecule has 1 aromatic heterocycles. The normalized spacial score (nSPS) is 17.6. The van der Waals surface area contributed by atoms with E-state index < -0.39 is 17.6 Å². The van der Waals surface area contributed by atoms with Crippen LogP contribution in [-0.2, 0) is 0 Å². The third kappa shape index (κ3) is 2.29. The fourth-order valence-corrected chi connectivity index (χ4v) is 1.87. The molecule has 0 bridgehead atoms. The zero-order valence-electron chi connectivity index (χ0n) is 8.51. The molecule has 17 heavy (non-hydrogen) atoms. The second kappa shape index (κ2) is 3.97. The van der Waals surface area contributed by atoms with Crippen LogP contribution in [0.4, 0.5) is 13.2 Å². The predicted molar refractivity (Wildman–Crippen MR) is 57.4 cm³/mol. The van der Waals surface area contributed by atoms with Crippen LogP contribution in [0.3, 0.4) is 0 Å². The highest BCUT2D eigenvalue weighted by Crippen LogP contribution is 2.49. The molecular formula is C10H8BrF3N2O. The van der Waals surface area contributed by atoms with Gasteiger partial charge in [-0.1, -0.05) is 0 Å². The highest BCUT2D eigenvalue weighted by Gasteiger charge is 2.64. The molecule has 92 valence electrons. The molecule has 0 unspecified atom stereocenters. The van der Waals surface area contributed by atoms with Crippen LogP contribution in [0.5, 0.6) is 0 Å². The number of carbonyl (C=O) groups excluding carboxylic acids is 1. The molecule has 1 aliphatic carbocycles. The Hall–Kier alpha value is -1.11. The van der Waals surface area contributed by atoms with Crippen molar-refractivity contribution in [2.45, 2.75) is 24.6 Å². The highest BCUT2D eigenvalue weighted by atomic mass is 79.9. The van der Waals surface area contributed by atoms with E-state index in [2.05, 4.69) is 20.9 Å². The first-order valence-corrected chi connectivity index (χ1v) is 5.65. The first kappa shape index (κ1) is 12.3. The summed E-state index contributed by atoms with van der Waals surface area (Å²) in [6, 6.07) is 2.91. The van der Waals surface area contributed by atoms with Crippen LogP contribution < -0.4 is 5.32 Å². The van der Waals surface area contributed by atoms with Gasteiger partial charge >= 0.3 is 6.18 Å². The Balaban J connectivity index is 2.16. The minimum Gasteiger partial charge on any atom is -0.338 e. The largest absolute Gasteiger partial charge is 0.411 e. The monoisotopic (exact) mass is 308 g/mol. The van der Waals surface area contributed by atoms with Crippen molar-refractivity contribution in [1.82, 2.24) is 10.3 Å². The summed E-state index contributed by atoms with van der Waals surface area (Å²) in [7, 11) is 0. The molecule has 1 heterocycles. The van der Waals surface area contributed by atoms with E-state index in [1.165, 1.54) is 18.3 Å². The summed E-state index contributed by atoms with van der Waals surface area (Å²) >= 11 is 3.02. The molecule has 0 aliphatic heterocycles. The van der Waals surface area contributed by atoms with Gasteiger partial charge in [0.25, 0.3) is 5.91 Å². The number of hydrogen-bond acceptors (Lipinski definition) is 2. The number of hydrogen-bond donors (Lipinski definition) is 1. The molecule has 1 N–H and O–H groups in total. The third-order valence-electron chi connectivity index (χ3n) is 2.65. The van der Waals surface area contributed by atoms with Gasteiger partial charge in [-0.15, -0.1) is 0 Å². The Labute approximate surface area is 104 Å². The van der Waals surface area contributed by atoms with E-state index in [1.54, 1.807) is 0 Å². The Morgan fingerprint density at radius 2 is 2.12 bits per heavy atom. The molecule has 0 spiro atoms. The van der Waals surface area contributed by atoms with Gasteiger partial charge in [-0.3, -0.25) is 4.79 Å². The van der Waals surface area contributed by atoms with Crippen LogP contribution >= 0.6 is 15.9 Å². The van der Waals surface area contributed by atoms with E-state index in [0.717, 1.165) is 0 Å². The van der Waals surface area contributed by atoms with E-state index in [9.17, 15) is 18.0 Å². The number of carbonyl (C=O) groups is 1. The highest BCUT2D eigenvalue weighted by molar-refractivity contribution is 9.10. The first-order valence-electron chi connectivity index (χ1n) is 4.85.